The van der Waals surface area contributed by atoms with Gasteiger partial charge in [0.1, 0.15) is 5.75 Å². The van der Waals surface area contributed by atoms with Gasteiger partial charge in [-0.2, -0.15) is 0 Å². The highest BCUT2D eigenvalue weighted by molar-refractivity contribution is 6.35. The van der Waals surface area contributed by atoms with Crippen molar-refractivity contribution in [3.8, 4) is 5.75 Å². The molecule has 112 valence electrons. The van der Waals surface area contributed by atoms with Crippen LogP contribution in [-0.4, -0.2) is 6.10 Å². The van der Waals surface area contributed by atoms with Crippen LogP contribution in [0.5, 0.6) is 5.75 Å². The summed E-state index contributed by atoms with van der Waals surface area (Å²) in [6.07, 6.45) is 0.164. The fraction of sp³-hybridized carbons (Fsp3) is 0.294. The van der Waals surface area contributed by atoms with Gasteiger partial charge in [0.05, 0.1) is 6.10 Å². The lowest BCUT2D eigenvalue weighted by Gasteiger charge is -2.15. The molecule has 2 nitrogen and oxygen atoms in total. The van der Waals surface area contributed by atoms with E-state index in [0.717, 1.165) is 23.4 Å². The summed E-state index contributed by atoms with van der Waals surface area (Å²) >= 11 is 12.1. The lowest BCUT2D eigenvalue weighted by molar-refractivity contribution is 0.239. The molecule has 0 heterocycles. The summed E-state index contributed by atoms with van der Waals surface area (Å²) in [5.41, 5.74) is 2.17. The molecule has 2 aromatic rings. The Morgan fingerprint density at radius 1 is 1.00 bits per heavy atom. The predicted octanol–water partition coefficient (Wildman–Crippen LogP) is 5.07. The van der Waals surface area contributed by atoms with Crippen LogP contribution >= 0.6 is 23.2 Å². The normalized spacial score (nSPS) is 10.9. The van der Waals surface area contributed by atoms with Gasteiger partial charge in [0.25, 0.3) is 0 Å². The topological polar surface area (TPSA) is 21.3 Å². The van der Waals surface area contributed by atoms with Crippen LogP contribution in [0.25, 0.3) is 0 Å². The van der Waals surface area contributed by atoms with Gasteiger partial charge < -0.3 is 10.1 Å². The molecule has 0 bridgehead atoms. The smallest absolute Gasteiger partial charge is 0.124 e. The number of benzene rings is 2. The van der Waals surface area contributed by atoms with Crippen LogP contribution in [-0.2, 0) is 13.1 Å². The molecule has 0 amide bonds. The number of hydrogen-bond acceptors (Lipinski definition) is 2. The Morgan fingerprint density at radius 2 is 1.71 bits per heavy atom. The minimum atomic E-state index is 0.164. The molecule has 0 aliphatic rings. The highest BCUT2D eigenvalue weighted by Crippen LogP contribution is 2.22. The van der Waals surface area contributed by atoms with Crippen molar-refractivity contribution in [2.75, 3.05) is 0 Å². The van der Waals surface area contributed by atoms with Crippen LogP contribution in [0.2, 0.25) is 10.0 Å². The van der Waals surface area contributed by atoms with Crippen LogP contribution in [0.3, 0.4) is 0 Å². The lowest BCUT2D eigenvalue weighted by atomic mass is 10.2. The Labute approximate surface area is 136 Å². The average Bonchev–Trinajstić information content (AvgIpc) is 2.42. The molecule has 0 unspecified atom stereocenters. The molecule has 4 heteroatoms. The number of para-hydroxylation sites is 1. The van der Waals surface area contributed by atoms with E-state index < -0.39 is 0 Å². The number of rotatable bonds is 6. The monoisotopic (exact) mass is 323 g/mol. The van der Waals surface area contributed by atoms with Gasteiger partial charge in [-0.15, -0.1) is 0 Å². The third-order valence-corrected chi connectivity index (χ3v) is 3.57. The van der Waals surface area contributed by atoms with Crippen molar-refractivity contribution in [2.45, 2.75) is 33.0 Å². The molecular formula is C17H19Cl2NO. The van der Waals surface area contributed by atoms with Crippen molar-refractivity contribution in [1.29, 1.82) is 0 Å². The maximum Gasteiger partial charge on any atom is 0.124 e. The standard InChI is InChI=1S/C17H19Cl2NO/c1-12(2)21-17-6-4-3-5-14(17)11-20-10-13-7-8-15(18)9-16(13)19/h3-9,12,20H,10-11H2,1-2H3. The summed E-state index contributed by atoms with van der Waals surface area (Å²) in [4.78, 5) is 0. The van der Waals surface area contributed by atoms with E-state index in [4.69, 9.17) is 27.9 Å². The first-order valence-electron chi connectivity index (χ1n) is 6.95. The second-order valence-corrected chi connectivity index (χ2v) is 5.96. The summed E-state index contributed by atoms with van der Waals surface area (Å²) in [5, 5.41) is 4.72. The predicted molar refractivity (Wildman–Crippen MR) is 89.2 cm³/mol. The highest BCUT2D eigenvalue weighted by atomic mass is 35.5. The van der Waals surface area contributed by atoms with Crippen molar-refractivity contribution in [2.24, 2.45) is 0 Å². The van der Waals surface area contributed by atoms with Gasteiger partial charge in [-0.25, -0.2) is 0 Å². The molecule has 0 radical (unpaired) electrons. The molecule has 0 saturated carbocycles. The van der Waals surface area contributed by atoms with E-state index >= 15 is 0 Å². The average molecular weight is 324 g/mol. The zero-order chi connectivity index (χ0) is 15.2. The van der Waals surface area contributed by atoms with Crippen LogP contribution < -0.4 is 10.1 Å². The minimum Gasteiger partial charge on any atom is -0.491 e. The van der Waals surface area contributed by atoms with Gasteiger partial charge in [0.15, 0.2) is 0 Å². The second-order valence-electron chi connectivity index (χ2n) is 5.11. The number of halogens is 2. The van der Waals surface area contributed by atoms with Crippen LogP contribution in [0.4, 0.5) is 0 Å². The van der Waals surface area contributed by atoms with Crippen LogP contribution in [0, 0.1) is 0 Å². The Bertz CT molecular complexity index is 599. The molecule has 0 fully saturated rings. The molecule has 0 aliphatic heterocycles. The third kappa shape index (κ3) is 4.92. The Hall–Kier alpha value is -1.22. The first-order valence-corrected chi connectivity index (χ1v) is 7.71. The molecule has 0 atom stereocenters. The van der Waals surface area contributed by atoms with E-state index in [-0.39, 0.29) is 6.10 Å². The summed E-state index contributed by atoms with van der Waals surface area (Å²) in [7, 11) is 0. The van der Waals surface area contributed by atoms with Gasteiger partial charge in [0, 0.05) is 28.7 Å². The van der Waals surface area contributed by atoms with Gasteiger partial charge in [0.2, 0.25) is 0 Å². The van der Waals surface area contributed by atoms with Crippen LogP contribution in [0.15, 0.2) is 42.5 Å². The summed E-state index contributed by atoms with van der Waals surface area (Å²) in [6, 6.07) is 13.6. The van der Waals surface area contributed by atoms with E-state index in [9.17, 15) is 0 Å². The van der Waals surface area contributed by atoms with Crippen molar-refractivity contribution >= 4 is 23.2 Å². The minimum absolute atomic E-state index is 0.164. The van der Waals surface area contributed by atoms with Crippen molar-refractivity contribution in [3.63, 3.8) is 0 Å². The maximum absolute atomic E-state index is 6.16. The quantitative estimate of drug-likeness (QED) is 0.801. The molecule has 0 aromatic heterocycles. The second kappa shape index (κ2) is 7.69. The van der Waals surface area contributed by atoms with Crippen molar-refractivity contribution in [1.82, 2.24) is 5.32 Å². The van der Waals surface area contributed by atoms with E-state index in [1.54, 1.807) is 6.07 Å². The zero-order valence-corrected chi connectivity index (χ0v) is 13.7. The van der Waals surface area contributed by atoms with E-state index in [1.807, 2.05) is 44.2 Å². The van der Waals surface area contributed by atoms with Crippen molar-refractivity contribution in [3.05, 3.63) is 63.6 Å². The SMILES string of the molecule is CC(C)Oc1ccccc1CNCc1ccc(Cl)cc1Cl. The van der Waals surface area contributed by atoms with E-state index in [2.05, 4.69) is 11.4 Å². The van der Waals surface area contributed by atoms with Gasteiger partial charge in [-0.3, -0.25) is 0 Å². The Kier molecular flexibility index (Phi) is 5.92. The van der Waals surface area contributed by atoms with Crippen LogP contribution in [0.1, 0.15) is 25.0 Å². The Balaban J connectivity index is 1.97. The molecular weight excluding hydrogens is 305 g/mol. The largest absolute Gasteiger partial charge is 0.491 e. The number of nitrogens with one attached hydrogen (secondary N) is 1. The van der Waals surface area contributed by atoms with Gasteiger partial charge in [-0.05, 0) is 37.6 Å². The fourth-order valence-corrected chi connectivity index (χ4v) is 2.49. The van der Waals surface area contributed by atoms with E-state index in [1.165, 1.54) is 0 Å². The summed E-state index contributed by atoms with van der Waals surface area (Å²) in [5.74, 6) is 0.919. The first kappa shape index (κ1) is 16.2. The molecule has 2 rings (SSSR count). The molecule has 21 heavy (non-hydrogen) atoms. The molecule has 0 saturated heterocycles. The molecule has 0 spiro atoms. The maximum atomic E-state index is 6.16. The third-order valence-electron chi connectivity index (χ3n) is 2.98. The fourth-order valence-electron chi connectivity index (χ4n) is 2.02. The highest BCUT2D eigenvalue weighted by Gasteiger charge is 2.06. The van der Waals surface area contributed by atoms with Gasteiger partial charge in [-0.1, -0.05) is 47.5 Å². The first-order chi connectivity index (χ1) is 10.1. The summed E-state index contributed by atoms with van der Waals surface area (Å²) in [6.45, 7) is 5.46. The Morgan fingerprint density at radius 3 is 2.43 bits per heavy atom. The molecule has 0 aliphatic carbocycles. The number of hydrogen-bond donors (Lipinski definition) is 1. The van der Waals surface area contributed by atoms with Gasteiger partial charge >= 0.3 is 0 Å². The van der Waals surface area contributed by atoms with E-state index in [0.29, 0.717) is 16.6 Å². The lowest BCUT2D eigenvalue weighted by Crippen LogP contribution is -2.15. The zero-order valence-electron chi connectivity index (χ0n) is 12.2. The molecule has 2 aromatic carbocycles. The summed E-state index contributed by atoms with van der Waals surface area (Å²) < 4.78 is 5.80. The molecule has 1 N–H and O–H groups in total. The van der Waals surface area contributed by atoms with Crippen molar-refractivity contribution < 1.29 is 4.74 Å². The number of ether oxygens (including phenoxy) is 1.